The van der Waals surface area contributed by atoms with Crippen molar-refractivity contribution in [3.8, 4) is 5.75 Å². The highest BCUT2D eigenvalue weighted by atomic mass is 19.1. The zero-order valence-corrected chi connectivity index (χ0v) is 10.5. The van der Waals surface area contributed by atoms with Crippen LogP contribution in [0.1, 0.15) is 11.1 Å². The SMILES string of the molecule is O=[N+]([O-])C=Cc1ccc(OCc2cccc(F)c2)cc1. The molecule has 0 N–H and O–H groups in total. The summed E-state index contributed by atoms with van der Waals surface area (Å²) in [5.74, 6) is 0.318. The highest BCUT2D eigenvalue weighted by molar-refractivity contribution is 5.49. The van der Waals surface area contributed by atoms with Crippen LogP contribution in [-0.4, -0.2) is 4.92 Å². The predicted octanol–water partition coefficient (Wildman–Crippen LogP) is 3.65. The van der Waals surface area contributed by atoms with Crippen LogP contribution < -0.4 is 4.74 Å². The molecule has 0 aromatic heterocycles. The summed E-state index contributed by atoms with van der Waals surface area (Å²) in [7, 11) is 0. The summed E-state index contributed by atoms with van der Waals surface area (Å²) in [6.07, 6.45) is 2.28. The molecule has 0 saturated heterocycles. The van der Waals surface area contributed by atoms with Crippen molar-refractivity contribution in [2.45, 2.75) is 6.61 Å². The van der Waals surface area contributed by atoms with Gasteiger partial charge < -0.3 is 4.74 Å². The Labute approximate surface area is 115 Å². The van der Waals surface area contributed by atoms with Crippen molar-refractivity contribution < 1.29 is 14.1 Å². The van der Waals surface area contributed by atoms with Crippen LogP contribution in [0.4, 0.5) is 4.39 Å². The number of hydrogen-bond donors (Lipinski definition) is 0. The quantitative estimate of drug-likeness (QED) is 0.617. The number of benzene rings is 2. The Morgan fingerprint density at radius 1 is 1.20 bits per heavy atom. The zero-order chi connectivity index (χ0) is 14.4. The molecule has 5 heteroatoms. The fourth-order valence-corrected chi connectivity index (χ4v) is 1.62. The first kappa shape index (κ1) is 13.7. The van der Waals surface area contributed by atoms with E-state index < -0.39 is 4.92 Å². The monoisotopic (exact) mass is 273 g/mol. The standard InChI is InChI=1S/C15H12FNO3/c16-14-3-1-2-13(10-14)11-20-15-6-4-12(5-7-15)8-9-17(18)19/h1-10H,11H2. The third-order valence-corrected chi connectivity index (χ3v) is 2.56. The van der Waals surface area contributed by atoms with E-state index in [0.717, 1.165) is 11.8 Å². The molecular weight excluding hydrogens is 261 g/mol. The van der Waals surface area contributed by atoms with Gasteiger partial charge in [-0.25, -0.2) is 4.39 Å². The van der Waals surface area contributed by atoms with Gasteiger partial charge in [-0.05, 0) is 35.4 Å². The summed E-state index contributed by atoms with van der Waals surface area (Å²) < 4.78 is 18.5. The minimum absolute atomic E-state index is 0.266. The Bertz CT molecular complexity index is 623. The van der Waals surface area contributed by atoms with Crippen LogP contribution in [0.2, 0.25) is 0 Å². The van der Waals surface area contributed by atoms with Gasteiger partial charge in [-0.15, -0.1) is 0 Å². The highest BCUT2D eigenvalue weighted by Gasteiger charge is 1.98. The molecule has 0 amide bonds. The fraction of sp³-hybridized carbons (Fsp3) is 0.0667. The number of nitro groups is 1. The minimum Gasteiger partial charge on any atom is -0.489 e. The lowest BCUT2D eigenvalue weighted by molar-refractivity contribution is -0.400. The van der Waals surface area contributed by atoms with E-state index in [0.29, 0.717) is 11.3 Å². The molecule has 2 aromatic rings. The van der Waals surface area contributed by atoms with Crippen molar-refractivity contribution in [3.63, 3.8) is 0 Å². The van der Waals surface area contributed by atoms with Gasteiger partial charge in [0.15, 0.2) is 0 Å². The Balaban J connectivity index is 1.95. The van der Waals surface area contributed by atoms with Gasteiger partial charge in [-0.2, -0.15) is 0 Å². The molecule has 4 nitrogen and oxygen atoms in total. The largest absolute Gasteiger partial charge is 0.489 e. The second-order valence-electron chi connectivity index (χ2n) is 4.09. The normalized spacial score (nSPS) is 10.7. The van der Waals surface area contributed by atoms with Gasteiger partial charge in [-0.3, -0.25) is 10.1 Å². The number of nitrogens with zero attached hydrogens (tertiary/aromatic N) is 1. The Hall–Kier alpha value is -2.69. The molecule has 0 aliphatic rings. The Morgan fingerprint density at radius 3 is 2.60 bits per heavy atom. The molecule has 0 atom stereocenters. The van der Waals surface area contributed by atoms with E-state index in [4.69, 9.17) is 4.74 Å². The number of ether oxygens (including phenoxy) is 1. The molecule has 2 rings (SSSR count). The first-order chi connectivity index (χ1) is 9.63. The van der Waals surface area contributed by atoms with Crippen molar-refractivity contribution in [1.29, 1.82) is 0 Å². The molecule has 20 heavy (non-hydrogen) atoms. The molecule has 0 unspecified atom stereocenters. The lowest BCUT2D eigenvalue weighted by Crippen LogP contribution is -1.95. The molecule has 0 bridgehead atoms. The average molecular weight is 273 g/mol. The van der Waals surface area contributed by atoms with E-state index in [1.54, 1.807) is 36.4 Å². The van der Waals surface area contributed by atoms with Crippen molar-refractivity contribution in [1.82, 2.24) is 0 Å². The first-order valence-corrected chi connectivity index (χ1v) is 5.92. The smallest absolute Gasteiger partial charge is 0.235 e. The van der Waals surface area contributed by atoms with E-state index in [2.05, 4.69) is 0 Å². The van der Waals surface area contributed by atoms with Gasteiger partial charge in [-0.1, -0.05) is 24.3 Å². The predicted molar refractivity (Wildman–Crippen MR) is 73.2 cm³/mol. The number of halogens is 1. The maximum absolute atomic E-state index is 13.0. The number of rotatable bonds is 5. The zero-order valence-electron chi connectivity index (χ0n) is 10.5. The molecule has 2 aromatic carbocycles. The van der Waals surface area contributed by atoms with Crippen LogP contribution in [0.15, 0.2) is 54.7 Å². The Morgan fingerprint density at radius 2 is 1.95 bits per heavy atom. The molecule has 0 radical (unpaired) electrons. The summed E-state index contributed by atoms with van der Waals surface area (Å²) in [6, 6.07) is 13.0. The highest BCUT2D eigenvalue weighted by Crippen LogP contribution is 2.15. The topological polar surface area (TPSA) is 52.4 Å². The molecule has 102 valence electrons. The molecule has 0 aliphatic heterocycles. The third-order valence-electron chi connectivity index (χ3n) is 2.56. The summed E-state index contributed by atoms with van der Waals surface area (Å²) in [4.78, 5) is 9.67. The van der Waals surface area contributed by atoms with Crippen LogP contribution in [0, 0.1) is 15.9 Å². The lowest BCUT2D eigenvalue weighted by Gasteiger charge is -2.06. The van der Waals surface area contributed by atoms with Gasteiger partial charge in [0.25, 0.3) is 0 Å². The molecule has 0 saturated carbocycles. The summed E-state index contributed by atoms with van der Waals surface area (Å²) in [5, 5.41) is 10.2. The summed E-state index contributed by atoms with van der Waals surface area (Å²) >= 11 is 0. The van der Waals surface area contributed by atoms with Crippen molar-refractivity contribution in [2.24, 2.45) is 0 Å². The summed E-state index contributed by atoms with van der Waals surface area (Å²) in [5.41, 5.74) is 1.45. The van der Waals surface area contributed by atoms with Gasteiger partial charge in [0.05, 0.1) is 4.92 Å². The first-order valence-electron chi connectivity index (χ1n) is 5.92. The van der Waals surface area contributed by atoms with E-state index >= 15 is 0 Å². The van der Waals surface area contributed by atoms with E-state index in [9.17, 15) is 14.5 Å². The van der Waals surface area contributed by atoms with Crippen molar-refractivity contribution in [3.05, 3.63) is 81.8 Å². The average Bonchev–Trinajstić information content (AvgIpc) is 2.44. The van der Waals surface area contributed by atoms with Crippen molar-refractivity contribution >= 4 is 6.08 Å². The number of hydrogen-bond acceptors (Lipinski definition) is 3. The Kier molecular flexibility index (Phi) is 4.44. The van der Waals surface area contributed by atoms with Gasteiger partial charge in [0.1, 0.15) is 18.2 Å². The molecule has 0 aliphatic carbocycles. The second-order valence-corrected chi connectivity index (χ2v) is 4.09. The van der Waals surface area contributed by atoms with Gasteiger partial charge in [0, 0.05) is 6.08 Å². The van der Waals surface area contributed by atoms with Crippen molar-refractivity contribution in [2.75, 3.05) is 0 Å². The van der Waals surface area contributed by atoms with E-state index in [1.807, 2.05) is 0 Å². The molecule has 0 spiro atoms. The van der Waals surface area contributed by atoms with Crippen LogP contribution in [0.25, 0.3) is 6.08 Å². The van der Waals surface area contributed by atoms with E-state index in [1.165, 1.54) is 18.2 Å². The third kappa shape index (κ3) is 4.20. The minimum atomic E-state index is -0.519. The molecule has 0 fully saturated rings. The van der Waals surface area contributed by atoms with E-state index in [-0.39, 0.29) is 12.4 Å². The summed E-state index contributed by atoms with van der Waals surface area (Å²) in [6.45, 7) is 0.266. The maximum atomic E-state index is 13.0. The second kappa shape index (κ2) is 6.47. The maximum Gasteiger partial charge on any atom is 0.235 e. The lowest BCUT2D eigenvalue weighted by atomic mass is 10.2. The van der Waals surface area contributed by atoms with Crippen LogP contribution in [0.5, 0.6) is 5.75 Å². The molecular formula is C15H12FNO3. The van der Waals surface area contributed by atoms with Crippen LogP contribution in [0.3, 0.4) is 0 Å². The molecule has 0 heterocycles. The van der Waals surface area contributed by atoms with Crippen LogP contribution >= 0.6 is 0 Å². The van der Waals surface area contributed by atoms with Crippen LogP contribution in [-0.2, 0) is 6.61 Å². The van der Waals surface area contributed by atoms with Gasteiger partial charge in [0.2, 0.25) is 6.20 Å². The van der Waals surface area contributed by atoms with Gasteiger partial charge >= 0.3 is 0 Å². The fourth-order valence-electron chi connectivity index (χ4n) is 1.62.